The summed E-state index contributed by atoms with van der Waals surface area (Å²) in [6.07, 6.45) is 3.12. The lowest BCUT2D eigenvalue weighted by atomic mass is 10.3. The number of nitrogens with one attached hydrogen (secondary N) is 1. The molecular weight excluding hydrogens is 335 g/mol. The minimum atomic E-state index is -3.56. The number of amides is 1. The van der Waals surface area contributed by atoms with E-state index in [-0.39, 0.29) is 35.6 Å². The van der Waals surface area contributed by atoms with Crippen LogP contribution in [0.25, 0.3) is 0 Å². The Bertz CT molecular complexity index is 645. The second-order valence-electron chi connectivity index (χ2n) is 5.02. The summed E-state index contributed by atoms with van der Waals surface area (Å²) in [5.74, 6) is -0.163. The Morgan fingerprint density at radius 2 is 2.05 bits per heavy atom. The fourth-order valence-corrected chi connectivity index (χ4v) is 3.24. The van der Waals surface area contributed by atoms with E-state index in [0.717, 1.165) is 23.4 Å². The number of rotatable bonds is 6. The molecule has 0 bridgehead atoms. The van der Waals surface area contributed by atoms with Crippen LogP contribution < -0.4 is 9.62 Å². The van der Waals surface area contributed by atoms with Crippen molar-refractivity contribution in [3.8, 4) is 0 Å². The van der Waals surface area contributed by atoms with Gasteiger partial charge in [0.25, 0.3) is 0 Å². The molecule has 0 atom stereocenters. The number of carbonyl (C=O) groups is 1. The van der Waals surface area contributed by atoms with Crippen LogP contribution in [0.4, 0.5) is 5.69 Å². The first kappa shape index (κ1) is 16.4. The largest absolute Gasteiger partial charge is 0.353 e. The number of sulfonamides is 1. The van der Waals surface area contributed by atoms with E-state index in [9.17, 15) is 13.2 Å². The van der Waals surface area contributed by atoms with Gasteiger partial charge in [0, 0.05) is 24.0 Å². The quantitative estimate of drug-likeness (QED) is 0.856. The number of hydrogen-bond donors (Lipinski definition) is 1. The summed E-state index contributed by atoms with van der Waals surface area (Å²) in [5, 5.41) is 3.47. The minimum absolute atomic E-state index is 0.0252. The monoisotopic (exact) mass is 350 g/mol. The van der Waals surface area contributed by atoms with Crippen molar-refractivity contribution >= 4 is 44.8 Å². The summed E-state index contributed by atoms with van der Waals surface area (Å²) in [6, 6.07) is 4.83. The van der Waals surface area contributed by atoms with Crippen molar-refractivity contribution in [3.05, 3.63) is 28.2 Å². The molecule has 1 aliphatic rings. The van der Waals surface area contributed by atoms with Gasteiger partial charge in [0.15, 0.2) is 0 Å². The molecule has 1 amide bonds. The van der Waals surface area contributed by atoms with Crippen molar-refractivity contribution in [2.45, 2.75) is 25.3 Å². The SMILES string of the molecule is CS(=O)(=O)N(CCC(=O)NC1CC1)c1cc(Cl)ccc1Cl. The van der Waals surface area contributed by atoms with Crippen LogP contribution >= 0.6 is 23.2 Å². The van der Waals surface area contributed by atoms with E-state index in [1.54, 1.807) is 6.07 Å². The zero-order valence-electron chi connectivity index (χ0n) is 11.5. The Hall–Kier alpha value is -0.980. The van der Waals surface area contributed by atoms with Crippen molar-refractivity contribution in [2.75, 3.05) is 17.1 Å². The zero-order valence-corrected chi connectivity index (χ0v) is 13.8. The van der Waals surface area contributed by atoms with Gasteiger partial charge in [-0.25, -0.2) is 8.42 Å². The molecule has 0 spiro atoms. The third-order valence-electron chi connectivity index (χ3n) is 3.06. The lowest BCUT2D eigenvalue weighted by Crippen LogP contribution is -2.35. The number of nitrogens with zero attached hydrogens (tertiary/aromatic N) is 1. The van der Waals surface area contributed by atoms with Gasteiger partial charge in [-0.1, -0.05) is 23.2 Å². The summed E-state index contributed by atoms with van der Waals surface area (Å²) in [7, 11) is -3.56. The lowest BCUT2D eigenvalue weighted by molar-refractivity contribution is -0.121. The van der Waals surface area contributed by atoms with Gasteiger partial charge in [0.05, 0.1) is 17.0 Å². The van der Waals surface area contributed by atoms with Crippen LogP contribution in [-0.4, -0.2) is 33.2 Å². The Labute approximate surface area is 134 Å². The standard InChI is InChI=1S/C13H16Cl2N2O3S/c1-21(19,20)17(7-6-13(18)16-10-3-4-10)12-8-9(14)2-5-11(12)15/h2,5,8,10H,3-4,6-7H2,1H3,(H,16,18). The Morgan fingerprint density at radius 1 is 1.38 bits per heavy atom. The highest BCUT2D eigenvalue weighted by Gasteiger charge is 2.25. The fraction of sp³-hybridized carbons (Fsp3) is 0.462. The van der Waals surface area contributed by atoms with Crippen molar-refractivity contribution < 1.29 is 13.2 Å². The van der Waals surface area contributed by atoms with Gasteiger partial charge in [-0.3, -0.25) is 9.10 Å². The van der Waals surface area contributed by atoms with E-state index in [0.29, 0.717) is 5.02 Å². The summed E-state index contributed by atoms with van der Waals surface area (Å²) in [6.45, 7) is 0.0252. The summed E-state index contributed by atoms with van der Waals surface area (Å²) >= 11 is 11.9. The van der Waals surface area contributed by atoms with E-state index in [1.165, 1.54) is 12.1 Å². The second-order valence-corrected chi connectivity index (χ2v) is 7.77. The van der Waals surface area contributed by atoms with Crippen LogP contribution in [0.1, 0.15) is 19.3 Å². The molecule has 0 saturated heterocycles. The predicted octanol–water partition coefficient (Wildman–Crippen LogP) is 2.43. The van der Waals surface area contributed by atoms with Crippen molar-refractivity contribution in [1.29, 1.82) is 0 Å². The first-order valence-corrected chi connectivity index (χ1v) is 9.10. The van der Waals surface area contributed by atoms with Crippen molar-refractivity contribution in [3.63, 3.8) is 0 Å². The summed E-state index contributed by atoms with van der Waals surface area (Å²) in [4.78, 5) is 11.7. The van der Waals surface area contributed by atoms with Crippen LogP contribution in [0.2, 0.25) is 10.0 Å². The number of anilines is 1. The first-order valence-electron chi connectivity index (χ1n) is 6.49. The molecule has 2 rings (SSSR count). The molecular formula is C13H16Cl2N2O3S. The fourth-order valence-electron chi connectivity index (χ4n) is 1.87. The molecule has 1 aliphatic carbocycles. The second kappa shape index (κ2) is 6.42. The minimum Gasteiger partial charge on any atom is -0.353 e. The molecule has 0 aromatic heterocycles. The van der Waals surface area contributed by atoms with Crippen LogP contribution in [-0.2, 0) is 14.8 Å². The van der Waals surface area contributed by atoms with Crippen molar-refractivity contribution in [1.82, 2.24) is 5.32 Å². The topological polar surface area (TPSA) is 66.5 Å². The van der Waals surface area contributed by atoms with Gasteiger partial charge in [-0.05, 0) is 31.0 Å². The molecule has 1 aromatic carbocycles. The van der Waals surface area contributed by atoms with E-state index in [4.69, 9.17) is 23.2 Å². The van der Waals surface area contributed by atoms with Gasteiger partial charge >= 0.3 is 0 Å². The molecule has 1 aromatic rings. The van der Waals surface area contributed by atoms with Crippen molar-refractivity contribution in [2.24, 2.45) is 0 Å². The number of benzene rings is 1. The highest BCUT2D eigenvalue weighted by Crippen LogP contribution is 2.30. The number of carbonyl (C=O) groups excluding carboxylic acids is 1. The first-order chi connectivity index (χ1) is 9.77. The molecule has 1 saturated carbocycles. The van der Waals surface area contributed by atoms with E-state index in [1.807, 2.05) is 0 Å². The molecule has 0 unspecified atom stereocenters. The highest BCUT2D eigenvalue weighted by molar-refractivity contribution is 7.92. The zero-order chi connectivity index (χ0) is 15.6. The van der Waals surface area contributed by atoms with Gasteiger partial charge in [-0.15, -0.1) is 0 Å². The van der Waals surface area contributed by atoms with Crippen LogP contribution in [0.5, 0.6) is 0 Å². The van der Waals surface area contributed by atoms with E-state index >= 15 is 0 Å². The van der Waals surface area contributed by atoms with Crippen LogP contribution in [0, 0.1) is 0 Å². The maximum atomic E-state index is 11.9. The van der Waals surface area contributed by atoms with Gasteiger partial charge in [-0.2, -0.15) is 0 Å². The Balaban J connectivity index is 2.14. The Morgan fingerprint density at radius 3 is 2.62 bits per heavy atom. The molecule has 5 nitrogen and oxygen atoms in total. The maximum Gasteiger partial charge on any atom is 0.232 e. The molecule has 1 N–H and O–H groups in total. The average Bonchev–Trinajstić information content (AvgIpc) is 3.16. The van der Waals surface area contributed by atoms with Crippen LogP contribution in [0.15, 0.2) is 18.2 Å². The third-order valence-corrected chi connectivity index (χ3v) is 4.80. The smallest absolute Gasteiger partial charge is 0.232 e. The number of hydrogen-bond acceptors (Lipinski definition) is 3. The molecule has 116 valence electrons. The van der Waals surface area contributed by atoms with Gasteiger partial charge in [0.1, 0.15) is 0 Å². The van der Waals surface area contributed by atoms with Gasteiger partial charge in [0.2, 0.25) is 15.9 Å². The third kappa shape index (κ3) is 4.76. The normalized spacial score (nSPS) is 14.8. The van der Waals surface area contributed by atoms with E-state index in [2.05, 4.69) is 5.32 Å². The van der Waals surface area contributed by atoms with Crippen LogP contribution in [0.3, 0.4) is 0 Å². The lowest BCUT2D eigenvalue weighted by Gasteiger charge is -2.23. The molecule has 1 fully saturated rings. The van der Waals surface area contributed by atoms with Gasteiger partial charge < -0.3 is 5.32 Å². The molecule has 21 heavy (non-hydrogen) atoms. The maximum absolute atomic E-state index is 11.9. The highest BCUT2D eigenvalue weighted by atomic mass is 35.5. The Kier molecular flexibility index (Phi) is 5.01. The van der Waals surface area contributed by atoms with E-state index < -0.39 is 10.0 Å². The predicted molar refractivity (Wildman–Crippen MR) is 84.4 cm³/mol. The molecule has 8 heteroatoms. The average molecular weight is 351 g/mol. The summed E-state index contributed by atoms with van der Waals surface area (Å²) in [5.41, 5.74) is 0.283. The molecule has 0 heterocycles. The summed E-state index contributed by atoms with van der Waals surface area (Å²) < 4.78 is 25.0. The number of halogens is 2. The molecule has 0 radical (unpaired) electrons. The molecule has 0 aliphatic heterocycles.